The number of anilines is 1. The maximum Gasteiger partial charge on any atom is 0.251 e. The fraction of sp³-hybridized carbons (Fsp3) is 0.176. The van der Waals surface area contributed by atoms with Gasteiger partial charge in [0, 0.05) is 30.4 Å². The van der Waals surface area contributed by atoms with Crippen molar-refractivity contribution in [2.45, 2.75) is 19.9 Å². The van der Waals surface area contributed by atoms with Gasteiger partial charge < -0.3 is 14.3 Å². The molecule has 0 aliphatic heterocycles. The third-order valence-electron chi connectivity index (χ3n) is 3.46. The molecule has 26 heavy (non-hydrogen) atoms. The molecule has 0 unspecified atom stereocenters. The Kier molecular flexibility index (Phi) is 4.87. The van der Waals surface area contributed by atoms with E-state index in [1.54, 1.807) is 0 Å². The molecule has 7 nitrogen and oxygen atoms in total. The molecule has 1 aromatic carbocycles. The molecule has 0 aliphatic carbocycles. The maximum absolute atomic E-state index is 13.2. The number of benzene rings is 1. The van der Waals surface area contributed by atoms with Gasteiger partial charge in [0.15, 0.2) is 0 Å². The summed E-state index contributed by atoms with van der Waals surface area (Å²) in [4.78, 5) is 24.0. The maximum atomic E-state index is 13.2. The van der Waals surface area contributed by atoms with E-state index in [0.717, 1.165) is 16.7 Å². The Bertz CT molecular complexity index is 993. The van der Waals surface area contributed by atoms with Crippen LogP contribution in [0.15, 0.2) is 45.7 Å². The van der Waals surface area contributed by atoms with Crippen LogP contribution in [0.25, 0.3) is 11.5 Å². The second-order valence-electron chi connectivity index (χ2n) is 5.44. The summed E-state index contributed by atoms with van der Waals surface area (Å²) in [6.07, 6.45) is 1.97. The van der Waals surface area contributed by atoms with Crippen LogP contribution in [0.3, 0.4) is 0 Å². The lowest BCUT2D eigenvalue weighted by molar-refractivity contribution is -0.116. The summed E-state index contributed by atoms with van der Waals surface area (Å²) < 4.78 is 32.9. The Balaban J connectivity index is 1.79. The fourth-order valence-electron chi connectivity index (χ4n) is 2.28. The fourth-order valence-corrected chi connectivity index (χ4v) is 2.28. The molecule has 0 atom stereocenters. The average Bonchev–Trinajstić information content (AvgIpc) is 3.05. The van der Waals surface area contributed by atoms with Crippen LogP contribution in [-0.2, 0) is 17.8 Å². The summed E-state index contributed by atoms with van der Waals surface area (Å²) in [5.41, 5.74) is 0.00662. The number of nitrogens with one attached hydrogen (secondary N) is 1. The molecule has 2 aromatic heterocycles. The van der Waals surface area contributed by atoms with Crippen molar-refractivity contribution in [3.8, 4) is 11.5 Å². The zero-order chi connectivity index (χ0) is 18.7. The average molecular weight is 360 g/mol. The minimum atomic E-state index is -0.817. The predicted octanol–water partition coefficient (Wildman–Crippen LogP) is 2.38. The van der Waals surface area contributed by atoms with E-state index in [9.17, 15) is 18.4 Å². The molecule has 0 aliphatic rings. The van der Waals surface area contributed by atoms with E-state index in [4.69, 9.17) is 4.42 Å². The summed E-state index contributed by atoms with van der Waals surface area (Å²) >= 11 is 0. The molecule has 3 rings (SSSR count). The highest BCUT2D eigenvalue weighted by molar-refractivity contribution is 5.90. The molecule has 0 saturated carbocycles. The third-order valence-corrected chi connectivity index (χ3v) is 3.46. The van der Waals surface area contributed by atoms with Gasteiger partial charge >= 0.3 is 0 Å². The highest BCUT2D eigenvalue weighted by Gasteiger charge is 2.12. The van der Waals surface area contributed by atoms with Gasteiger partial charge in [-0.25, -0.2) is 8.78 Å². The van der Waals surface area contributed by atoms with Gasteiger partial charge in [0.05, 0.1) is 5.56 Å². The first kappa shape index (κ1) is 17.5. The number of aromatic nitrogens is 3. The minimum absolute atomic E-state index is 0.0406. The predicted molar refractivity (Wildman–Crippen MR) is 88.4 cm³/mol. The molecule has 3 aromatic rings. The molecule has 2 heterocycles. The lowest BCUT2D eigenvalue weighted by atomic mass is 10.2. The molecule has 134 valence electrons. The Morgan fingerprint density at radius 3 is 2.58 bits per heavy atom. The number of carbonyl (C=O) groups is 1. The van der Waals surface area contributed by atoms with Crippen LogP contribution in [0.1, 0.15) is 12.8 Å². The molecular formula is C17H14F2N4O3. The number of aryl methyl sites for hydroxylation is 1. The molecular weight excluding hydrogens is 346 g/mol. The number of nitrogens with zero attached hydrogens (tertiary/aromatic N) is 3. The number of pyridine rings is 1. The van der Waals surface area contributed by atoms with Crippen molar-refractivity contribution in [2.24, 2.45) is 0 Å². The standard InChI is InChI=1S/C17H14F2N4O3/c1-2-15-21-22-17(26-15)10-3-4-16(25)23(8-10)9-14(24)20-13-6-11(18)5-12(19)7-13/h3-8H,2,9H2,1H3,(H,20,24). The van der Waals surface area contributed by atoms with Gasteiger partial charge in [-0.1, -0.05) is 6.92 Å². The zero-order valence-corrected chi connectivity index (χ0v) is 13.7. The monoisotopic (exact) mass is 360 g/mol. The summed E-state index contributed by atoms with van der Waals surface area (Å²) in [5, 5.41) is 10.1. The zero-order valence-electron chi connectivity index (χ0n) is 13.7. The number of amides is 1. The number of hydrogen-bond donors (Lipinski definition) is 1. The Morgan fingerprint density at radius 2 is 1.92 bits per heavy atom. The molecule has 0 radical (unpaired) electrons. The molecule has 9 heteroatoms. The lowest BCUT2D eigenvalue weighted by Crippen LogP contribution is -2.26. The molecule has 1 amide bonds. The van der Waals surface area contributed by atoms with E-state index >= 15 is 0 Å². The van der Waals surface area contributed by atoms with Crippen LogP contribution in [0.4, 0.5) is 14.5 Å². The van der Waals surface area contributed by atoms with Crippen molar-refractivity contribution in [3.63, 3.8) is 0 Å². The van der Waals surface area contributed by atoms with E-state index in [0.29, 0.717) is 23.9 Å². The quantitative estimate of drug-likeness (QED) is 0.754. The van der Waals surface area contributed by atoms with Crippen molar-refractivity contribution in [2.75, 3.05) is 5.32 Å². The van der Waals surface area contributed by atoms with Gasteiger partial charge in [-0.3, -0.25) is 9.59 Å². The SMILES string of the molecule is CCc1nnc(-c2ccc(=O)n(CC(=O)Nc3cc(F)cc(F)c3)c2)o1. The van der Waals surface area contributed by atoms with Crippen LogP contribution in [0.2, 0.25) is 0 Å². The second kappa shape index (κ2) is 7.26. The topological polar surface area (TPSA) is 90.0 Å². The van der Waals surface area contributed by atoms with Crippen LogP contribution >= 0.6 is 0 Å². The highest BCUT2D eigenvalue weighted by Crippen LogP contribution is 2.16. The lowest BCUT2D eigenvalue weighted by Gasteiger charge is -2.08. The van der Waals surface area contributed by atoms with E-state index < -0.39 is 23.1 Å². The summed E-state index contributed by atoms with van der Waals surface area (Å²) in [6.45, 7) is 1.51. The van der Waals surface area contributed by atoms with Crippen LogP contribution in [0.5, 0.6) is 0 Å². The number of rotatable bonds is 5. The molecule has 0 fully saturated rings. The summed E-state index contributed by atoms with van der Waals surface area (Å²) in [5.74, 6) is -1.58. The van der Waals surface area contributed by atoms with Crippen molar-refractivity contribution >= 4 is 11.6 Å². The molecule has 0 saturated heterocycles. The van der Waals surface area contributed by atoms with Crippen LogP contribution < -0.4 is 10.9 Å². The summed E-state index contributed by atoms with van der Waals surface area (Å²) in [7, 11) is 0. The number of carbonyl (C=O) groups excluding carboxylic acids is 1. The van der Waals surface area contributed by atoms with Crippen LogP contribution in [-0.4, -0.2) is 20.7 Å². The van der Waals surface area contributed by atoms with Gasteiger partial charge in [-0.15, -0.1) is 10.2 Å². The summed E-state index contributed by atoms with van der Waals surface area (Å²) in [6, 6.07) is 5.42. The first-order valence-electron chi connectivity index (χ1n) is 7.74. The van der Waals surface area contributed by atoms with E-state index in [-0.39, 0.29) is 18.1 Å². The van der Waals surface area contributed by atoms with Gasteiger partial charge in [-0.2, -0.15) is 0 Å². The smallest absolute Gasteiger partial charge is 0.251 e. The molecule has 1 N–H and O–H groups in total. The number of halogens is 2. The third kappa shape index (κ3) is 4.00. The Morgan fingerprint density at radius 1 is 1.19 bits per heavy atom. The van der Waals surface area contributed by atoms with E-state index in [1.807, 2.05) is 6.92 Å². The minimum Gasteiger partial charge on any atom is -0.421 e. The molecule has 0 spiro atoms. The van der Waals surface area contributed by atoms with Crippen molar-refractivity contribution in [1.82, 2.24) is 14.8 Å². The number of hydrogen-bond acceptors (Lipinski definition) is 5. The van der Waals surface area contributed by atoms with Crippen molar-refractivity contribution < 1.29 is 18.0 Å². The van der Waals surface area contributed by atoms with Gasteiger partial charge in [0.2, 0.25) is 17.7 Å². The first-order chi connectivity index (χ1) is 12.4. The van der Waals surface area contributed by atoms with Gasteiger partial charge in [0.1, 0.15) is 18.2 Å². The Labute approximate surface area is 146 Å². The second-order valence-corrected chi connectivity index (χ2v) is 5.44. The van der Waals surface area contributed by atoms with Crippen LogP contribution in [0, 0.1) is 11.6 Å². The van der Waals surface area contributed by atoms with E-state index in [1.165, 1.54) is 18.3 Å². The van der Waals surface area contributed by atoms with Gasteiger partial charge in [-0.05, 0) is 18.2 Å². The van der Waals surface area contributed by atoms with E-state index in [2.05, 4.69) is 15.5 Å². The highest BCUT2D eigenvalue weighted by atomic mass is 19.1. The molecule has 0 bridgehead atoms. The largest absolute Gasteiger partial charge is 0.421 e. The Hall–Kier alpha value is -3.36. The van der Waals surface area contributed by atoms with Crippen molar-refractivity contribution in [3.05, 3.63) is 64.4 Å². The first-order valence-corrected chi connectivity index (χ1v) is 7.74. The normalized spacial score (nSPS) is 10.7. The van der Waals surface area contributed by atoms with Gasteiger partial charge in [0.25, 0.3) is 5.56 Å². The van der Waals surface area contributed by atoms with Crippen molar-refractivity contribution in [1.29, 1.82) is 0 Å².